The van der Waals surface area contributed by atoms with E-state index in [9.17, 15) is 9.59 Å². The predicted octanol–water partition coefficient (Wildman–Crippen LogP) is 5.05. The highest BCUT2D eigenvalue weighted by molar-refractivity contribution is 7.99. The van der Waals surface area contributed by atoms with Crippen molar-refractivity contribution < 1.29 is 19.1 Å². The molecule has 0 unspecified atom stereocenters. The molecule has 4 heterocycles. The van der Waals surface area contributed by atoms with Crippen LogP contribution in [0.25, 0.3) is 0 Å². The fraction of sp³-hybridized carbons (Fsp3) is 0.379. The number of nitrogens with zero attached hydrogens (tertiary/aromatic N) is 4. The lowest BCUT2D eigenvalue weighted by Crippen LogP contribution is -2.38. The number of rotatable bonds is 8. The van der Waals surface area contributed by atoms with Crippen LogP contribution in [0.3, 0.4) is 0 Å². The van der Waals surface area contributed by atoms with Crippen LogP contribution in [0.1, 0.15) is 55.7 Å². The van der Waals surface area contributed by atoms with E-state index in [1.54, 1.807) is 37.8 Å². The van der Waals surface area contributed by atoms with Gasteiger partial charge in [-0.15, -0.1) is 29.7 Å². The lowest BCUT2D eigenvalue weighted by atomic mass is 9.97. The Balaban J connectivity index is 1.20. The van der Waals surface area contributed by atoms with Crippen molar-refractivity contribution in [2.24, 2.45) is 0 Å². The van der Waals surface area contributed by atoms with Gasteiger partial charge in [0.1, 0.15) is 10.7 Å². The molecule has 0 aliphatic carbocycles. The Hall–Kier alpha value is -3.37. The van der Waals surface area contributed by atoms with Crippen LogP contribution in [0.15, 0.2) is 53.5 Å². The van der Waals surface area contributed by atoms with Crippen LogP contribution in [-0.4, -0.2) is 71.2 Å². The van der Waals surface area contributed by atoms with Crippen LogP contribution < -0.4 is 9.47 Å². The van der Waals surface area contributed by atoms with E-state index in [2.05, 4.69) is 11.6 Å². The zero-order valence-corrected chi connectivity index (χ0v) is 23.9. The molecular formula is C29H32N4O4S2. The molecule has 0 spiro atoms. The summed E-state index contributed by atoms with van der Waals surface area (Å²) in [6.45, 7) is 6.22. The molecule has 2 aliphatic rings. The van der Waals surface area contributed by atoms with Crippen LogP contribution in [0.4, 0.5) is 0 Å². The minimum Gasteiger partial charge on any atom is -0.493 e. The molecule has 2 amide bonds. The van der Waals surface area contributed by atoms with Gasteiger partial charge in [-0.05, 0) is 54.7 Å². The fourth-order valence-corrected chi connectivity index (χ4v) is 6.79. The van der Waals surface area contributed by atoms with Crippen LogP contribution in [-0.2, 0) is 13.0 Å². The van der Waals surface area contributed by atoms with Crippen molar-refractivity contribution in [2.45, 2.75) is 36.8 Å². The number of methoxy groups -OCH3 is 2. The Morgan fingerprint density at radius 3 is 2.56 bits per heavy atom. The molecule has 1 fully saturated rings. The second-order valence-electron chi connectivity index (χ2n) is 9.55. The van der Waals surface area contributed by atoms with E-state index < -0.39 is 0 Å². The Morgan fingerprint density at radius 1 is 1.10 bits per heavy atom. The number of hydrogen-bond donors (Lipinski definition) is 0. The van der Waals surface area contributed by atoms with Gasteiger partial charge >= 0.3 is 0 Å². The van der Waals surface area contributed by atoms with Crippen molar-refractivity contribution in [3.63, 3.8) is 0 Å². The number of carbonyl (C=O) groups is 2. The normalized spacial score (nSPS) is 15.5. The molecule has 8 nitrogen and oxygen atoms in total. The van der Waals surface area contributed by atoms with Gasteiger partial charge < -0.3 is 19.3 Å². The largest absolute Gasteiger partial charge is 0.493 e. The Bertz CT molecular complexity index is 1370. The van der Waals surface area contributed by atoms with Crippen molar-refractivity contribution >= 4 is 34.9 Å². The summed E-state index contributed by atoms with van der Waals surface area (Å²) in [7, 11) is 3.25. The fourth-order valence-electron chi connectivity index (χ4n) is 5.10. The van der Waals surface area contributed by atoms with Gasteiger partial charge in [-0.1, -0.05) is 6.08 Å². The summed E-state index contributed by atoms with van der Waals surface area (Å²) in [4.78, 5) is 39.5. The van der Waals surface area contributed by atoms with E-state index in [-0.39, 0.29) is 17.7 Å². The third-order valence-corrected chi connectivity index (χ3v) is 9.23. The number of thiazole rings is 1. The standard InChI is InChI=1S/C29H32N4O4S2/c1-4-14-38-27-22(6-5-10-30-27)28(34)32-11-7-19(8-12-32)26-31-23(18-39-26)29(35)33-13-9-20-15-24(36-2)25(37-3)16-21(20)17-33/h4-6,10,15-16,18-19H,1,7-9,11-14,17H2,2-3H3. The molecule has 0 N–H and O–H groups in total. The number of amides is 2. The van der Waals surface area contributed by atoms with Gasteiger partial charge in [-0.3, -0.25) is 9.59 Å². The summed E-state index contributed by atoms with van der Waals surface area (Å²) >= 11 is 3.06. The number of aromatic nitrogens is 2. The highest BCUT2D eigenvalue weighted by atomic mass is 32.2. The van der Waals surface area contributed by atoms with Crippen molar-refractivity contribution in [3.8, 4) is 11.5 Å². The lowest BCUT2D eigenvalue weighted by Gasteiger charge is -2.31. The van der Waals surface area contributed by atoms with Crippen molar-refractivity contribution in [3.05, 3.63) is 75.9 Å². The van der Waals surface area contributed by atoms with Gasteiger partial charge in [-0.25, -0.2) is 9.97 Å². The third kappa shape index (κ3) is 5.81. The van der Waals surface area contributed by atoms with E-state index in [1.807, 2.05) is 39.5 Å². The highest BCUT2D eigenvalue weighted by Gasteiger charge is 2.30. The van der Waals surface area contributed by atoms with Gasteiger partial charge in [0.2, 0.25) is 0 Å². The maximum atomic E-state index is 13.3. The number of ether oxygens (including phenoxy) is 2. The Morgan fingerprint density at radius 2 is 1.85 bits per heavy atom. The lowest BCUT2D eigenvalue weighted by molar-refractivity contribution is 0.0708. The molecule has 39 heavy (non-hydrogen) atoms. The number of hydrogen-bond acceptors (Lipinski definition) is 8. The van der Waals surface area contributed by atoms with E-state index in [0.29, 0.717) is 54.7 Å². The topological polar surface area (TPSA) is 84.9 Å². The quantitative estimate of drug-likeness (QED) is 0.280. The summed E-state index contributed by atoms with van der Waals surface area (Å²) < 4.78 is 10.9. The molecule has 0 saturated carbocycles. The molecule has 204 valence electrons. The van der Waals surface area contributed by atoms with Crippen molar-refractivity contribution in [1.29, 1.82) is 0 Å². The third-order valence-electron chi connectivity index (χ3n) is 7.22. The van der Waals surface area contributed by atoms with Crippen LogP contribution >= 0.6 is 23.1 Å². The molecule has 5 rings (SSSR count). The Kier molecular flexibility index (Phi) is 8.52. The number of piperidine rings is 1. The molecule has 1 saturated heterocycles. The zero-order valence-electron chi connectivity index (χ0n) is 22.2. The van der Waals surface area contributed by atoms with Crippen LogP contribution in [0.5, 0.6) is 11.5 Å². The van der Waals surface area contributed by atoms with E-state index >= 15 is 0 Å². The molecule has 1 aromatic carbocycles. The smallest absolute Gasteiger partial charge is 0.273 e. The summed E-state index contributed by atoms with van der Waals surface area (Å²) in [5.74, 6) is 2.29. The van der Waals surface area contributed by atoms with E-state index in [1.165, 1.54) is 17.3 Å². The SMILES string of the molecule is C=CCSc1ncccc1C(=O)N1CCC(c2nc(C(=O)N3CCc4cc(OC)c(OC)cc4C3)cs2)CC1. The predicted molar refractivity (Wildman–Crippen MR) is 153 cm³/mol. The summed E-state index contributed by atoms with van der Waals surface area (Å²) in [6.07, 6.45) is 5.93. The minimum absolute atomic E-state index is 0.0164. The number of likely N-dealkylation sites (tertiary alicyclic amines) is 1. The average Bonchev–Trinajstić information content (AvgIpc) is 3.49. The number of fused-ring (bicyclic) bond motifs is 1. The number of thioether (sulfide) groups is 1. The van der Waals surface area contributed by atoms with Crippen molar-refractivity contribution in [1.82, 2.24) is 19.8 Å². The molecule has 2 aromatic heterocycles. The number of pyridine rings is 1. The molecular weight excluding hydrogens is 532 g/mol. The first-order chi connectivity index (χ1) is 19.0. The first-order valence-corrected chi connectivity index (χ1v) is 14.8. The molecule has 0 radical (unpaired) electrons. The van der Waals surface area contributed by atoms with Crippen LogP contribution in [0, 0.1) is 0 Å². The first kappa shape index (κ1) is 27.2. The summed E-state index contributed by atoms with van der Waals surface area (Å²) in [5, 5.41) is 3.58. The van der Waals surface area contributed by atoms with Gasteiger partial charge in [0.05, 0.1) is 24.8 Å². The summed E-state index contributed by atoms with van der Waals surface area (Å²) in [6, 6.07) is 7.61. The molecule has 0 atom stereocenters. The second-order valence-corrected chi connectivity index (χ2v) is 11.4. The van der Waals surface area contributed by atoms with E-state index in [4.69, 9.17) is 14.5 Å². The van der Waals surface area contributed by atoms with Crippen LogP contribution in [0.2, 0.25) is 0 Å². The van der Waals surface area contributed by atoms with Crippen molar-refractivity contribution in [2.75, 3.05) is 39.6 Å². The van der Waals surface area contributed by atoms with Gasteiger partial charge in [0.15, 0.2) is 11.5 Å². The monoisotopic (exact) mass is 564 g/mol. The van der Waals surface area contributed by atoms with Gasteiger partial charge in [0, 0.05) is 49.4 Å². The Labute approximate surface area is 237 Å². The number of benzene rings is 1. The molecule has 2 aliphatic heterocycles. The maximum absolute atomic E-state index is 13.3. The minimum atomic E-state index is -0.0494. The van der Waals surface area contributed by atoms with E-state index in [0.717, 1.165) is 34.9 Å². The van der Waals surface area contributed by atoms with Gasteiger partial charge in [0.25, 0.3) is 11.8 Å². The average molecular weight is 565 g/mol. The first-order valence-electron chi connectivity index (χ1n) is 13.0. The molecule has 10 heteroatoms. The highest BCUT2D eigenvalue weighted by Crippen LogP contribution is 2.35. The second kappa shape index (κ2) is 12.2. The summed E-state index contributed by atoms with van der Waals surface area (Å²) in [5.41, 5.74) is 3.38. The molecule has 3 aromatic rings. The number of carbonyl (C=O) groups excluding carboxylic acids is 2. The maximum Gasteiger partial charge on any atom is 0.273 e. The zero-order chi connectivity index (χ0) is 27.4. The molecule has 0 bridgehead atoms. The van der Waals surface area contributed by atoms with Gasteiger partial charge in [-0.2, -0.15) is 0 Å².